The summed E-state index contributed by atoms with van der Waals surface area (Å²) in [4.78, 5) is 11.0. The number of ketones is 1. The largest absolute Gasteiger partial charge is 0.508 e. The van der Waals surface area contributed by atoms with Crippen LogP contribution in [0.1, 0.15) is 5.56 Å². The molecule has 0 amide bonds. The molecule has 0 heterocycles. The van der Waals surface area contributed by atoms with Gasteiger partial charge in [-0.05, 0) is 16.8 Å². The molecule has 0 radical (unpaired) electrons. The van der Waals surface area contributed by atoms with Crippen LogP contribution in [-0.4, -0.2) is 17.1 Å². The van der Waals surface area contributed by atoms with Crippen LogP contribution in [0.3, 0.4) is 0 Å². The Labute approximate surface area is 101 Å². The Bertz CT molecular complexity index is 603. The Balaban J connectivity index is 2.50. The number of hydrogen-bond donors (Lipinski definition) is 1. The Morgan fingerprint density at radius 1 is 1.11 bits per heavy atom. The van der Waals surface area contributed by atoms with E-state index in [1.807, 2.05) is 0 Å². The maximum Gasteiger partial charge on any atom is 0.450 e. The molecule has 0 aliphatic rings. The summed E-state index contributed by atoms with van der Waals surface area (Å²) < 4.78 is 36.7. The van der Waals surface area contributed by atoms with Crippen LogP contribution in [0.25, 0.3) is 10.8 Å². The molecule has 0 aliphatic carbocycles. The molecule has 18 heavy (non-hydrogen) atoms. The van der Waals surface area contributed by atoms with Crippen LogP contribution in [0.5, 0.6) is 5.75 Å². The summed E-state index contributed by atoms with van der Waals surface area (Å²) >= 11 is 0. The van der Waals surface area contributed by atoms with E-state index in [-0.39, 0.29) is 11.3 Å². The zero-order valence-corrected chi connectivity index (χ0v) is 9.16. The van der Waals surface area contributed by atoms with Crippen LogP contribution in [0.15, 0.2) is 36.4 Å². The number of alkyl halides is 3. The monoisotopic (exact) mass is 254 g/mol. The van der Waals surface area contributed by atoms with E-state index in [0.29, 0.717) is 10.8 Å². The standard InChI is InChI=1S/C13H9F3O2/c14-13(15,16)12(18)7-10-9-4-2-1-3-8(9)5-6-11(10)17/h1-6,17H,7H2. The third kappa shape index (κ3) is 2.30. The van der Waals surface area contributed by atoms with Gasteiger partial charge in [-0.1, -0.05) is 30.3 Å². The van der Waals surface area contributed by atoms with Crippen molar-refractivity contribution in [1.82, 2.24) is 0 Å². The summed E-state index contributed by atoms with van der Waals surface area (Å²) in [5.41, 5.74) is 0.00965. The lowest BCUT2D eigenvalue weighted by Gasteiger charge is -2.10. The van der Waals surface area contributed by atoms with E-state index in [9.17, 15) is 23.1 Å². The van der Waals surface area contributed by atoms with E-state index in [0.717, 1.165) is 0 Å². The van der Waals surface area contributed by atoms with Gasteiger partial charge in [0.05, 0.1) is 0 Å². The molecular weight excluding hydrogens is 245 g/mol. The van der Waals surface area contributed by atoms with Crippen LogP contribution < -0.4 is 0 Å². The predicted octanol–water partition coefficient (Wildman–Crippen LogP) is 3.22. The van der Waals surface area contributed by atoms with Crippen molar-refractivity contribution in [3.63, 3.8) is 0 Å². The van der Waals surface area contributed by atoms with Gasteiger partial charge in [-0.2, -0.15) is 13.2 Å². The lowest BCUT2D eigenvalue weighted by molar-refractivity contribution is -0.170. The summed E-state index contributed by atoms with van der Waals surface area (Å²) in [6, 6.07) is 9.54. The van der Waals surface area contributed by atoms with Crippen LogP contribution in [0.2, 0.25) is 0 Å². The normalized spacial score (nSPS) is 11.7. The van der Waals surface area contributed by atoms with Crippen molar-refractivity contribution in [3.8, 4) is 5.75 Å². The number of phenols is 1. The number of aromatic hydroxyl groups is 1. The Morgan fingerprint density at radius 3 is 2.44 bits per heavy atom. The zero-order chi connectivity index (χ0) is 13.3. The molecule has 2 rings (SSSR count). The van der Waals surface area contributed by atoms with Gasteiger partial charge < -0.3 is 5.11 Å². The number of Topliss-reactive ketones (excluding diaryl/α,β-unsaturated/α-hetero) is 1. The average molecular weight is 254 g/mol. The van der Waals surface area contributed by atoms with Gasteiger partial charge in [0.1, 0.15) is 5.75 Å². The smallest absolute Gasteiger partial charge is 0.450 e. The van der Waals surface area contributed by atoms with Gasteiger partial charge in [-0.15, -0.1) is 0 Å². The summed E-state index contributed by atoms with van der Waals surface area (Å²) in [5.74, 6) is -2.17. The van der Waals surface area contributed by atoms with E-state index >= 15 is 0 Å². The van der Waals surface area contributed by atoms with Gasteiger partial charge in [0, 0.05) is 12.0 Å². The summed E-state index contributed by atoms with van der Waals surface area (Å²) in [6.45, 7) is 0. The van der Waals surface area contributed by atoms with Crippen molar-refractivity contribution in [3.05, 3.63) is 42.0 Å². The molecule has 2 aromatic rings. The molecule has 1 N–H and O–H groups in total. The summed E-state index contributed by atoms with van der Waals surface area (Å²) in [5, 5.41) is 10.7. The van der Waals surface area contributed by atoms with Crippen molar-refractivity contribution in [2.45, 2.75) is 12.6 Å². The number of hydrogen-bond acceptors (Lipinski definition) is 2. The van der Waals surface area contributed by atoms with E-state index in [4.69, 9.17) is 0 Å². The molecule has 2 nitrogen and oxygen atoms in total. The molecule has 0 atom stereocenters. The van der Waals surface area contributed by atoms with Crippen LogP contribution in [0, 0.1) is 0 Å². The number of fused-ring (bicyclic) bond motifs is 1. The van der Waals surface area contributed by atoms with Crippen LogP contribution in [-0.2, 0) is 11.2 Å². The summed E-state index contributed by atoms with van der Waals surface area (Å²) in [7, 11) is 0. The summed E-state index contributed by atoms with van der Waals surface area (Å²) in [6.07, 6.45) is -5.74. The third-order valence-corrected chi connectivity index (χ3v) is 2.67. The lowest BCUT2D eigenvalue weighted by Crippen LogP contribution is -2.24. The molecular formula is C13H9F3O2. The number of carbonyl (C=O) groups is 1. The molecule has 0 aliphatic heterocycles. The minimum Gasteiger partial charge on any atom is -0.508 e. The highest BCUT2D eigenvalue weighted by Crippen LogP contribution is 2.29. The van der Waals surface area contributed by atoms with Crippen LogP contribution >= 0.6 is 0 Å². The zero-order valence-electron chi connectivity index (χ0n) is 9.16. The Kier molecular flexibility index (Phi) is 2.98. The maximum absolute atomic E-state index is 12.2. The highest BCUT2D eigenvalue weighted by Gasteiger charge is 2.38. The topological polar surface area (TPSA) is 37.3 Å². The minimum absolute atomic E-state index is 0.00965. The number of benzene rings is 2. The number of halogens is 3. The second kappa shape index (κ2) is 4.33. The van der Waals surface area contributed by atoms with Crippen molar-refractivity contribution < 1.29 is 23.1 Å². The first kappa shape index (κ1) is 12.4. The van der Waals surface area contributed by atoms with E-state index in [1.54, 1.807) is 30.3 Å². The number of carbonyl (C=O) groups excluding carboxylic acids is 1. The SMILES string of the molecule is O=C(Cc1c(O)ccc2ccccc12)C(F)(F)F. The minimum atomic E-state index is -4.89. The number of phenolic OH excluding ortho intramolecular Hbond substituents is 1. The lowest BCUT2D eigenvalue weighted by atomic mass is 9.99. The first-order valence-electron chi connectivity index (χ1n) is 5.19. The third-order valence-electron chi connectivity index (χ3n) is 2.67. The fourth-order valence-corrected chi connectivity index (χ4v) is 1.77. The van der Waals surface area contributed by atoms with Gasteiger partial charge in [0.15, 0.2) is 0 Å². The maximum atomic E-state index is 12.2. The van der Waals surface area contributed by atoms with Crippen LogP contribution in [0.4, 0.5) is 13.2 Å². The molecule has 0 spiro atoms. The van der Waals surface area contributed by atoms with E-state index < -0.39 is 18.4 Å². The van der Waals surface area contributed by atoms with Gasteiger partial charge >= 0.3 is 6.18 Å². The highest BCUT2D eigenvalue weighted by atomic mass is 19.4. The van der Waals surface area contributed by atoms with Gasteiger partial charge in [0.2, 0.25) is 5.78 Å². The highest BCUT2D eigenvalue weighted by molar-refractivity contribution is 5.94. The first-order valence-corrected chi connectivity index (χ1v) is 5.19. The number of rotatable bonds is 2. The van der Waals surface area contributed by atoms with Gasteiger partial charge in [-0.3, -0.25) is 4.79 Å². The first-order chi connectivity index (χ1) is 8.39. The van der Waals surface area contributed by atoms with Gasteiger partial charge in [0.25, 0.3) is 0 Å². The molecule has 0 bridgehead atoms. The van der Waals surface area contributed by atoms with E-state index in [2.05, 4.69) is 0 Å². The molecule has 0 aromatic heterocycles. The fourth-order valence-electron chi connectivity index (χ4n) is 1.77. The molecule has 5 heteroatoms. The average Bonchev–Trinajstić information content (AvgIpc) is 2.31. The van der Waals surface area contributed by atoms with Crippen molar-refractivity contribution in [2.75, 3.05) is 0 Å². The molecule has 2 aromatic carbocycles. The van der Waals surface area contributed by atoms with E-state index in [1.165, 1.54) is 6.07 Å². The molecule has 0 saturated heterocycles. The second-order valence-electron chi connectivity index (χ2n) is 3.88. The van der Waals surface area contributed by atoms with Crippen molar-refractivity contribution in [2.24, 2.45) is 0 Å². The molecule has 0 saturated carbocycles. The molecule has 0 fully saturated rings. The molecule has 94 valence electrons. The quantitative estimate of drug-likeness (QED) is 0.893. The van der Waals surface area contributed by atoms with Gasteiger partial charge in [-0.25, -0.2) is 0 Å². The molecule has 0 unspecified atom stereocenters. The predicted molar refractivity (Wildman–Crippen MR) is 60.4 cm³/mol. The fraction of sp³-hybridized carbons (Fsp3) is 0.154. The Morgan fingerprint density at radius 2 is 1.78 bits per heavy atom. The van der Waals surface area contributed by atoms with Crippen molar-refractivity contribution in [1.29, 1.82) is 0 Å². The van der Waals surface area contributed by atoms with Crippen molar-refractivity contribution >= 4 is 16.6 Å². The Hall–Kier alpha value is -2.04. The second-order valence-corrected chi connectivity index (χ2v) is 3.88.